The third-order valence-corrected chi connectivity index (χ3v) is 1.28. The highest BCUT2D eigenvalue weighted by molar-refractivity contribution is 5.05. The van der Waals surface area contributed by atoms with Crippen molar-refractivity contribution in [1.29, 1.82) is 0 Å². The molecule has 60 valence electrons. The van der Waals surface area contributed by atoms with E-state index in [1.807, 2.05) is 6.92 Å². The highest BCUT2D eigenvalue weighted by Gasteiger charge is 1.95. The molecular weight excluding hydrogens is 128 g/mol. The van der Waals surface area contributed by atoms with Crippen LogP contribution in [0.3, 0.4) is 0 Å². The van der Waals surface area contributed by atoms with Crippen molar-refractivity contribution in [2.24, 2.45) is 17.3 Å². The molecule has 0 aromatic carbocycles. The second-order valence-corrected chi connectivity index (χ2v) is 2.20. The normalized spacial score (nSPS) is 12.7. The van der Waals surface area contributed by atoms with Crippen LogP contribution < -0.4 is 22.7 Å². The lowest BCUT2D eigenvalue weighted by Gasteiger charge is -2.06. The molecule has 0 heterocycles. The van der Waals surface area contributed by atoms with Gasteiger partial charge in [0, 0.05) is 11.4 Å². The molecule has 0 spiro atoms. The Labute approximate surface area is 61.4 Å². The predicted molar refractivity (Wildman–Crippen MR) is 42.5 cm³/mol. The van der Waals surface area contributed by atoms with E-state index in [1.165, 1.54) is 0 Å². The van der Waals surface area contributed by atoms with Gasteiger partial charge in [0.05, 0.1) is 0 Å². The maximum atomic E-state index is 5.48. The van der Waals surface area contributed by atoms with E-state index < -0.39 is 0 Å². The average Bonchev–Trinajstić information content (AvgIpc) is 1.89. The Kier molecular flexibility index (Phi) is 4.70. The van der Waals surface area contributed by atoms with Crippen LogP contribution in [0.5, 0.6) is 0 Å². The Balaban J connectivity index is 3.73. The van der Waals surface area contributed by atoms with Crippen LogP contribution in [0.15, 0.2) is 11.4 Å². The van der Waals surface area contributed by atoms with Crippen molar-refractivity contribution in [3.63, 3.8) is 0 Å². The number of hydrogen-bond donors (Lipinski definition) is 4. The summed E-state index contributed by atoms with van der Waals surface area (Å²) in [6.45, 7) is 2.48. The van der Waals surface area contributed by atoms with E-state index in [0.29, 0.717) is 6.54 Å². The quantitative estimate of drug-likeness (QED) is 0.312. The maximum absolute atomic E-state index is 5.48. The van der Waals surface area contributed by atoms with Crippen LogP contribution in [0.25, 0.3) is 0 Å². The summed E-state index contributed by atoms with van der Waals surface area (Å²) in [6.07, 6.45) is 1.74. The van der Waals surface area contributed by atoms with Gasteiger partial charge in [0.1, 0.15) is 0 Å². The van der Waals surface area contributed by atoms with Gasteiger partial charge in [-0.2, -0.15) is 0 Å². The molecule has 0 saturated heterocycles. The van der Waals surface area contributed by atoms with Crippen molar-refractivity contribution < 1.29 is 0 Å². The van der Waals surface area contributed by atoms with Gasteiger partial charge in [-0.25, -0.2) is 0 Å². The highest BCUT2D eigenvalue weighted by Crippen LogP contribution is 2.00. The zero-order chi connectivity index (χ0) is 7.98. The van der Waals surface area contributed by atoms with E-state index in [1.54, 1.807) is 0 Å². The van der Waals surface area contributed by atoms with E-state index in [-0.39, 0.29) is 0 Å². The molecule has 7 N–H and O–H groups in total. The monoisotopic (exact) mass is 144 g/mol. The molecule has 0 bridgehead atoms. The molecule has 10 heavy (non-hydrogen) atoms. The fourth-order valence-corrected chi connectivity index (χ4v) is 0.662. The van der Waals surface area contributed by atoms with E-state index in [9.17, 15) is 0 Å². The molecule has 0 aliphatic rings. The molecule has 0 aromatic rings. The van der Waals surface area contributed by atoms with Crippen molar-refractivity contribution >= 4 is 0 Å². The van der Waals surface area contributed by atoms with Crippen molar-refractivity contribution in [2.45, 2.75) is 19.8 Å². The Morgan fingerprint density at radius 3 is 2.40 bits per heavy atom. The van der Waals surface area contributed by atoms with E-state index >= 15 is 0 Å². The standard InChI is InChI=1S/C6H16N4/c1-5(8)6(10-9)3-2-4-7/h10H,2-4,7-9H2,1H3/b6-5-. The molecule has 0 amide bonds. The first-order chi connectivity index (χ1) is 4.72. The SMILES string of the molecule is C/C(N)=C(\CCCN)NN. The second kappa shape index (κ2) is 5.08. The highest BCUT2D eigenvalue weighted by atomic mass is 15.2. The van der Waals surface area contributed by atoms with Gasteiger partial charge in [0.2, 0.25) is 0 Å². The molecule has 0 fully saturated rings. The zero-order valence-corrected chi connectivity index (χ0v) is 6.35. The number of rotatable bonds is 4. The van der Waals surface area contributed by atoms with Crippen LogP contribution in [-0.4, -0.2) is 6.54 Å². The molecule has 0 aromatic heterocycles. The summed E-state index contributed by atoms with van der Waals surface area (Å²) in [5.41, 5.74) is 14.9. The lowest BCUT2D eigenvalue weighted by Crippen LogP contribution is -2.24. The van der Waals surface area contributed by atoms with Crippen LogP contribution >= 0.6 is 0 Å². The third kappa shape index (κ3) is 3.32. The molecule has 0 rings (SSSR count). The number of nitrogens with two attached hydrogens (primary N) is 3. The zero-order valence-electron chi connectivity index (χ0n) is 6.35. The lowest BCUT2D eigenvalue weighted by atomic mass is 10.2. The first-order valence-corrected chi connectivity index (χ1v) is 3.34. The van der Waals surface area contributed by atoms with Gasteiger partial charge >= 0.3 is 0 Å². The van der Waals surface area contributed by atoms with Crippen LogP contribution in [0, 0.1) is 0 Å². The minimum atomic E-state index is 0.665. The summed E-state index contributed by atoms with van der Waals surface area (Å²) in [4.78, 5) is 0. The van der Waals surface area contributed by atoms with Gasteiger partial charge in [0.15, 0.2) is 0 Å². The average molecular weight is 144 g/mol. The van der Waals surface area contributed by atoms with Gasteiger partial charge in [-0.15, -0.1) is 0 Å². The molecular formula is C6H16N4. The summed E-state index contributed by atoms with van der Waals surface area (Å²) < 4.78 is 0. The molecule has 0 aliphatic carbocycles. The van der Waals surface area contributed by atoms with E-state index in [2.05, 4.69) is 5.43 Å². The molecule has 0 atom stereocenters. The van der Waals surface area contributed by atoms with Crippen molar-refractivity contribution in [3.05, 3.63) is 11.4 Å². The van der Waals surface area contributed by atoms with Gasteiger partial charge < -0.3 is 16.9 Å². The van der Waals surface area contributed by atoms with Crippen LogP contribution in [0.4, 0.5) is 0 Å². The fraction of sp³-hybridized carbons (Fsp3) is 0.667. The smallest absolute Gasteiger partial charge is 0.0443 e. The Morgan fingerprint density at radius 2 is 2.10 bits per heavy atom. The van der Waals surface area contributed by atoms with Gasteiger partial charge in [-0.05, 0) is 26.3 Å². The number of hydrazine groups is 1. The molecule has 0 unspecified atom stereocenters. The lowest BCUT2D eigenvalue weighted by molar-refractivity contribution is 0.727. The van der Waals surface area contributed by atoms with Crippen molar-refractivity contribution in [2.75, 3.05) is 6.54 Å². The number of allylic oxidation sites excluding steroid dienone is 2. The Bertz CT molecular complexity index is 115. The second-order valence-electron chi connectivity index (χ2n) is 2.20. The topological polar surface area (TPSA) is 90.1 Å². The molecule has 0 saturated carbocycles. The Morgan fingerprint density at radius 1 is 1.50 bits per heavy atom. The van der Waals surface area contributed by atoms with E-state index in [0.717, 1.165) is 24.2 Å². The van der Waals surface area contributed by atoms with Gasteiger partial charge in [-0.1, -0.05) is 0 Å². The van der Waals surface area contributed by atoms with Crippen LogP contribution in [0.1, 0.15) is 19.8 Å². The van der Waals surface area contributed by atoms with E-state index in [4.69, 9.17) is 17.3 Å². The third-order valence-electron chi connectivity index (χ3n) is 1.28. The predicted octanol–water partition coefficient (Wildman–Crippen LogP) is -0.621. The first-order valence-electron chi connectivity index (χ1n) is 3.34. The van der Waals surface area contributed by atoms with Crippen LogP contribution in [0.2, 0.25) is 0 Å². The summed E-state index contributed by atoms with van der Waals surface area (Å²) in [7, 11) is 0. The van der Waals surface area contributed by atoms with Crippen molar-refractivity contribution in [3.8, 4) is 0 Å². The molecule has 0 aliphatic heterocycles. The largest absolute Gasteiger partial charge is 0.401 e. The van der Waals surface area contributed by atoms with Gasteiger partial charge in [0.25, 0.3) is 0 Å². The fourth-order valence-electron chi connectivity index (χ4n) is 0.662. The summed E-state index contributed by atoms with van der Waals surface area (Å²) in [5.74, 6) is 5.19. The summed E-state index contributed by atoms with van der Waals surface area (Å²) >= 11 is 0. The minimum Gasteiger partial charge on any atom is -0.401 e. The Hall–Kier alpha value is -0.740. The number of nitrogens with one attached hydrogen (secondary N) is 1. The summed E-state index contributed by atoms with van der Waals surface area (Å²) in [5, 5.41) is 0. The van der Waals surface area contributed by atoms with Gasteiger partial charge in [-0.3, -0.25) is 5.84 Å². The summed E-state index contributed by atoms with van der Waals surface area (Å²) in [6, 6.07) is 0. The number of hydrogen-bond acceptors (Lipinski definition) is 4. The first kappa shape index (κ1) is 9.26. The minimum absolute atomic E-state index is 0.665. The molecule has 0 radical (unpaired) electrons. The maximum Gasteiger partial charge on any atom is 0.0443 e. The molecule has 4 heteroatoms. The van der Waals surface area contributed by atoms with Crippen molar-refractivity contribution in [1.82, 2.24) is 5.43 Å². The molecule has 4 nitrogen and oxygen atoms in total. The van der Waals surface area contributed by atoms with Crippen LogP contribution in [-0.2, 0) is 0 Å².